The molecule has 0 unspecified atom stereocenters. The molecule has 10 heteroatoms. The molecule has 30 heavy (non-hydrogen) atoms. The first kappa shape index (κ1) is 22.0. The zero-order valence-corrected chi connectivity index (χ0v) is 17.6. The molecule has 0 radical (unpaired) electrons. The Labute approximate surface area is 180 Å². The fraction of sp³-hybridized carbons (Fsp3) is 0.250. The summed E-state index contributed by atoms with van der Waals surface area (Å²) in [6.45, 7) is 3.63. The van der Waals surface area contributed by atoms with E-state index in [4.69, 9.17) is 11.6 Å². The van der Waals surface area contributed by atoms with Gasteiger partial charge in [-0.2, -0.15) is 13.2 Å². The van der Waals surface area contributed by atoms with Crippen molar-refractivity contribution in [2.24, 2.45) is 5.92 Å². The first-order valence-corrected chi connectivity index (χ1v) is 10.2. The first-order valence-electron chi connectivity index (χ1n) is 8.96. The second-order valence-corrected chi connectivity index (χ2v) is 8.07. The van der Waals surface area contributed by atoms with Crippen molar-refractivity contribution in [3.05, 3.63) is 58.6 Å². The molecule has 0 saturated carbocycles. The average Bonchev–Trinajstić information content (AvgIpc) is 3.15. The van der Waals surface area contributed by atoms with Crippen molar-refractivity contribution in [2.75, 3.05) is 10.6 Å². The number of carbonyl (C=O) groups excluding carboxylic acids is 1. The lowest BCUT2D eigenvalue weighted by Crippen LogP contribution is -2.39. The van der Waals surface area contributed by atoms with Crippen LogP contribution < -0.4 is 10.6 Å². The number of carbonyl (C=O) groups is 1. The summed E-state index contributed by atoms with van der Waals surface area (Å²) in [6, 6.07) is 7.68. The van der Waals surface area contributed by atoms with E-state index in [1.165, 1.54) is 17.4 Å². The number of thiazole rings is 1. The molecule has 1 amide bonds. The number of rotatable bonds is 6. The summed E-state index contributed by atoms with van der Waals surface area (Å²) in [6.07, 6.45) is -2.84. The normalized spacial score (nSPS) is 12.6. The molecular weight excluding hydrogens is 437 g/mol. The number of nitrogens with zero attached hydrogens (tertiary/aromatic N) is 2. The summed E-state index contributed by atoms with van der Waals surface area (Å²) in [7, 11) is 0. The Kier molecular flexibility index (Phi) is 6.62. The number of hydrogen-bond donors (Lipinski definition) is 2. The van der Waals surface area contributed by atoms with Gasteiger partial charge in [0.15, 0.2) is 5.13 Å². The van der Waals surface area contributed by atoms with Crippen LogP contribution in [0.2, 0.25) is 5.02 Å². The molecule has 2 heterocycles. The summed E-state index contributed by atoms with van der Waals surface area (Å²) in [5, 5.41) is 7.74. The van der Waals surface area contributed by atoms with Crippen LogP contribution in [0.25, 0.3) is 11.4 Å². The second kappa shape index (κ2) is 9.01. The highest BCUT2D eigenvalue weighted by Crippen LogP contribution is 2.34. The number of hydrogen-bond acceptors (Lipinski definition) is 5. The van der Waals surface area contributed by atoms with Crippen LogP contribution in [0.1, 0.15) is 19.4 Å². The third-order valence-corrected chi connectivity index (χ3v) is 5.29. The Bertz CT molecular complexity index is 1020. The van der Waals surface area contributed by atoms with Gasteiger partial charge in [0.2, 0.25) is 5.91 Å². The van der Waals surface area contributed by atoms with Crippen molar-refractivity contribution in [3.63, 3.8) is 0 Å². The SMILES string of the molecule is CC(C)[C@@H](Nc1ccc(C(F)(F)F)cc1Cl)C(=O)Nc1nc(-c2ccccn2)cs1. The highest BCUT2D eigenvalue weighted by atomic mass is 35.5. The maximum atomic E-state index is 12.8. The van der Waals surface area contributed by atoms with Crippen molar-refractivity contribution in [2.45, 2.75) is 26.1 Å². The van der Waals surface area contributed by atoms with Gasteiger partial charge in [0.25, 0.3) is 0 Å². The number of amides is 1. The smallest absolute Gasteiger partial charge is 0.372 e. The van der Waals surface area contributed by atoms with Crippen LogP contribution in [-0.4, -0.2) is 21.9 Å². The third kappa shape index (κ3) is 5.28. The number of pyridine rings is 1. The van der Waals surface area contributed by atoms with Crippen LogP contribution >= 0.6 is 22.9 Å². The molecule has 0 saturated heterocycles. The van der Waals surface area contributed by atoms with E-state index in [0.29, 0.717) is 16.5 Å². The molecule has 3 aromatic rings. The highest BCUT2D eigenvalue weighted by molar-refractivity contribution is 7.14. The third-order valence-electron chi connectivity index (χ3n) is 4.22. The number of aromatic nitrogens is 2. The topological polar surface area (TPSA) is 66.9 Å². The minimum atomic E-state index is -4.49. The standard InChI is InChI=1S/C20H18ClF3N4OS/c1-11(2)17(26-14-7-6-12(9-13(14)21)20(22,23)24)18(29)28-19-27-16(10-30-19)15-5-3-4-8-25-15/h3-11,17,26H,1-2H3,(H,27,28,29)/t17-/m1/s1. The predicted molar refractivity (Wildman–Crippen MR) is 113 cm³/mol. The molecule has 0 aliphatic rings. The van der Waals surface area contributed by atoms with Gasteiger partial charge in [-0.3, -0.25) is 9.78 Å². The van der Waals surface area contributed by atoms with E-state index < -0.39 is 17.8 Å². The monoisotopic (exact) mass is 454 g/mol. The summed E-state index contributed by atoms with van der Waals surface area (Å²) in [5.41, 5.74) is 0.709. The van der Waals surface area contributed by atoms with E-state index in [1.54, 1.807) is 17.6 Å². The number of alkyl halides is 3. The molecule has 2 N–H and O–H groups in total. The minimum Gasteiger partial charge on any atom is -0.372 e. The van der Waals surface area contributed by atoms with Crippen molar-refractivity contribution in [1.82, 2.24) is 9.97 Å². The number of benzene rings is 1. The maximum absolute atomic E-state index is 12.8. The van der Waals surface area contributed by atoms with Gasteiger partial charge in [0, 0.05) is 11.6 Å². The Balaban J connectivity index is 1.74. The van der Waals surface area contributed by atoms with E-state index in [1.807, 2.05) is 26.0 Å². The molecule has 0 aliphatic heterocycles. The highest BCUT2D eigenvalue weighted by Gasteiger charge is 2.31. The molecule has 0 fully saturated rings. The van der Waals surface area contributed by atoms with E-state index in [9.17, 15) is 18.0 Å². The van der Waals surface area contributed by atoms with E-state index >= 15 is 0 Å². The Hall–Kier alpha value is -2.65. The number of halogens is 4. The first-order chi connectivity index (χ1) is 14.1. The van der Waals surface area contributed by atoms with E-state index in [-0.39, 0.29) is 22.5 Å². The lowest BCUT2D eigenvalue weighted by atomic mass is 10.0. The molecule has 0 aliphatic carbocycles. The molecule has 1 aromatic carbocycles. The quantitative estimate of drug-likeness (QED) is 0.482. The Morgan fingerprint density at radius 3 is 2.53 bits per heavy atom. The van der Waals surface area contributed by atoms with Gasteiger partial charge in [-0.25, -0.2) is 4.98 Å². The van der Waals surface area contributed by atoms with Gasteiger partial charge in [0.05, 0.1) is 22.0 Å². The number of anilines is 2. The summed E-state index contributed by atoms with van der Waals surface area (Å²) >= 11 is 7.26. The largest absolute Gasteiger partial charge is 0.416 e. The van der Waals surface area contributed by atoms with E-state index in [0.717, 1.165) is 12.1 Å². The van der Waals surface area contributed by atoms with Crippen LogP contribution in [0.5, 0.6) is 0 Å². The van der Waals surface area contributed by atoms with Crippen LogP contribution in [0, 0.1) is 5.92 Å². The lowest BCUT2D eigenvalue weighted by molar-refractivity contribution is -0.137. The predicted octanol–water partition coefficient (Wildman–Crippen LogP) is 5.95. The minimum absolute atomic E-state index is 0.116. The maximum Gasteiger partial charge on any atom is 0.416 e. The molecule has 0 spiro atoms. The van der Waals surface area contributed by atoms with Gasteiger partial charge in [-0.1, -0.05) is 31.5 Å². The van der Waals surface area contributed by atoms with Crippen molar-refractivity contribution >= 4 is 39.7 Å². The van der Waals surface area contributed by atoms with Crippen molar-refractivity contribution < 1.29 is 18.0 Å². The summed E-state index contributed by atoms with van der Waals surface area (Å²) < 4.78 is 38.5. The van der Waals surface area contributed by atoms with Crippen LogP contribution in [0.15, 0.2) is 48.0 Å². The van der Waals surface area contributed by atoms with Crippen molar-refractivity contribution in [3.8, 4) is 11.4 Å². The summed E-state index contributed by atoms with van der Waals surface area (Å²) in [4.78, 5) is 21.4. The summed E-state index contributed by atoms with van der Waals surface area (Å²) in [5.74, 6) is -0.540. The van der Waals surface area contributed by atoms with Gasteiger partial charge >= 0.3 is 6.18 Å². The van der Waals surface area contributed by atoms with Crippen LogP contribution in [0.3, 0.4) is 0 Å². The Morgan fingerprint density at radius 2 is 1.93 bits per heavy atom. The van der Waals surface area contributed by atoms with Crippen LogP contribution in [-0.2, 0) is 11.0 Å². The molecular formula is C20H18ClF3N4OS. The molecule has 0 bridgehead atoms. The van der Waals surface area contributed by atoms with E-state index in [2.05, 4.69) is 20.6 Å². The molecule has 1 atom stereocenters. The Morgan fingerprint density at radius 1 is 1.17 bits per heavy atom. The molecule has 2 aromatic heterocycles. The van der Waals surface area contributed by atoms with Crippen molar-refractivity contribution in [1.29, 1.82) is 0 Å². The van der Waals surface area contributed by atoms with Gasteiger partial charge in [-0.05, 0) is 36.2 Å². The van der Waals surface area contributed by atoms with Gasteiger partial charge < -0.3 is 10.6 Å². The van der Waals surface area contributed by atoms with Gasteiger partial charge in [0.1, 0.15) is 11.7 Å². The number of nitrogens with one attached hydrogen (secondary N) is 2. The van der Waals surface area contributed by atoms with Gasteiger partial charge in [-0.15, -0.1) is 11.3 Å². The lowest BCUT2D eigenvalue weighted by Gasteiger charge is -2.23. The van der Waals surface area contributed by atoms with Crippen LogP contribution in [0.4, 0.5) is 24.0 Å². The average molecular weight is 455 g/mol. The molecule has 3 rings (SSSR count). The fourth-order valence-electron chi connectivity index (χ4n) is 2.66. The zero-order valence-electron chi connectivity index (χ0n) is 16.0. The second-order valence-electron chi connectivity index (χ2n) is 6.80. The fourth-order valence-corrected chi connectivity index (χ4v) is 3.60. The molecule has 158 valence electrons. The zero-order chi connectivity index (χ0) is 21.9. The molecule has 5 nitrogen and oxygen atoms in total.